The number of benzene rings is 1. The van der Waals surface area contributed by atoms with E-state index >= 15 is 0 Å². The molecule has 2 rings (SSSR count). The highest BCUT2D eigenvalue weighted by molar-refractivity contribution is 6.37. The Balaban J connectivity index is 2.46. The molecule has 0 unspecified atom stereocenters. The van der Waals surface area contributed by atoms with Crippen molar-refractivity contribution < 1.29 is 14.0 Å². The van der Waals surface area contributed by atoms with Crippen LogP contribution >= 0.6 is 11.6 Å². The summed E-state index contributed by atoms with van der Waals surface area (Å²) in [6.45, 7) is 1.89. The molecule has 0 saturated heterocycles. The van der Waals surface area contributed by atoms with E-state index in [1.54, 1.807) is 0 Å². The quantitative estimate of drug-likeness (QED) is 0.333. The number of anilines is 1. The molecule has 4 N–H and O–H groups in total. The summed E-state index contributed by atoms with van der Waals surface area (Å²) < 4.78 is 14.4. The molecule has 1 aliphatic rings. The zero-order valence-electron chi connectivity index (χ0n) is 12.6. The third kappa shape index (κ3) is 3.98. The highest BCUT2D eigenvalue weighted by Gasteiger charge is 2.28. The number of amides is 2. The van der Waals surface area contributed by atoms with Gasteiger partial charge < -0.3 is 10.7 Å². The van der Waals surface area contributed by atoms with Crippen molar-refractivity contribution in [2.75, 3.05) is 5.32 Å². The van der Waals surface area contributed by atoms with Crippen molar-refractivity contribution in [2.24, 2.45) is 0 Å². The van der Waals surface area contributed by atoms with Gasteiger partial charge in [0.2, 0.25) is 6.41 Å². The van der Waals surface area contributed by atoms with Crippen LogP contribution in [0.1, 0.15) is 48.5 Å². The largest absolute Gasteiger partial charge is 0.380 e. The lowest BCUT2D eigenvalue weighted by Crippen LogP contribution is -2.36. The van der Waals surface area contributed by atoms with Gasteiger partial charge in [0.15, 0.2) is 0 Å². The normalized spacial score (nSPS) is 13.3. The summed E-state index contributed by atoms with van der Waals surface area (Å²) in [5.41, 5.74) is 4.54. The molecule has 0 atom stereocenters. The summed E-state index contributed by atoms with van der Waals surface area (Å²) in [5, 5.41) is 11.1. The van der Waals surface area contributed by atoms with Crippen LogP contribution in [0.15, 0.2) is 6.07 Å². The minimum absolute atomic E-state index is 0.0107. The molecule has 1 aromatic rings. The molecule has 1 fully saturated rings. The maximum absolute atomic E-state index is 14.4. The SMILES string of the molecule is CCCC(=N)c1c(F)cc(C(=O)NNC=O)c(NC2CC2)c1Cl. The van der Waals surface area contributed by atoms with Crippen LogP contribution in [0.5, 0.6) is 0 Å². The third-order valence-corrected chi connectivity index (χ3v) is 3.81. The van der Waals surface area contributed by atoms with E-state index in [0.717, 1.165) is 18.9 Å². The molecule has 1 saturated carbocycles. The summed E-state index contributed by atoms with van der Waals surface area (Å²) in [6.07, 6.45) is 3.24. The van der Waals surface area contributed by atoms with Gasteiger partial charge in [0, 0.05) is 11.8 Å². The van der Waals surface area contributed by atoms with E-state index in [0.29, 0.717) is 19.3 Å². The lowest BCUT2D eigenvalue weighted by molar-refractivity contribution is -0.110. The molecule has 8 heteroatoms. The van der Waals surface area contributed by atoms with Gasteiger partial charge in [-0.05, 0) is 25.3 Å². The molecule has 0 heterocycles. The maximum atomic E-state index is 14.4. The number of hydrazine groups is 1. The molecule has 1 aliphatic carbocycles. The highest BCUT2D eigenvalue weighted by Crippen LogP contribution is 2.36. The van der Waals surface area contributed by atoms with E-state index in [-0.39, 0.29) is 33.6 Å². The molecular weight excluding hydrogens is 323 g/mol. The predicted octanol–water partition coefficient (Wildman–Crippen LogP) is 2.61. The molecule has 1 aromatic carbocycles. The summed E-state index contributed by atoms with van der Waals surface area (Å²) in [5.74, 6) is -1.42. The molecule has 0 aromatic heterocycles. The standard InChI is InChI=1S/C15H18ClFN4O2/c1-2-3-11(18)12-10(17)6-9(15(23)21-19-7-22)14(13(12)16)20-8-4-5-8/h6-8,18,20H,2-5H2,1H3,(H,19,22)(H,21,23). The smallest absolute Gasteiger partial charge is 0.271 e. The zero-order chi connectivity index (χ0) is 17.0. The number of rotatable bonds is 8. The summed E-state index contributed by atoms with van der Waals surface area (Å²) in [7, 11) is 0. The van der Waals surface area contributed by atoms with Gasteiger partial charge >= 0.3 is 0 Å². The summed E-state index contributed by atoms with van der Waals surface area (Å²) >= 11 is 6.29. The maximum Gasteiger partial charge on any atom is 0.271 e. The van der Waals surface area contributed by atoms with Crippen LogP contribution in [0.2, 0.25) is 5.02 Å². The molecule has 0 aliphatic heterocycles. The Morgan fingerprint density at radius 2 is 2.22 bits per heavy atom. The van der Waals surface area contributed by atoms with Crippen molar-refractivity contribution in [1.29, 1.82) is 5.41 Å². The number of hydrogen-bond acceptors (Lipinski definition) is 4. The van der Waals surface area contributed by atoms with Crippen LogP contribution in [0, 0.1) is 11.2 Å². The predicted molar refractivity (Wildman–Crippen MR) is 86.5 cm³/mol. The lowest BCUT2D eigenvalue weighted by Gasteiger charge is -2.17. The van der Waals surface area contributed by atoms with Crippen LogP contribution in [-0.4, -0.2) is 24.1 Å². The molecule has 0 spiro atoms. The van der Waals surface area contributed by atoms with Gasteiger partial charge in [-0.3, -0.25) is 20.4 Å². The Bertz CT molecular complexity index is 647. The van der Waals surface area contributed by atoms with E-state index in [9.17, 15) is 14.0 Å². The fourth-order valence-electron chi connectivity index (χ4n) is 2.19. The Morgan fingerprint density at radius 3 is 2.78 bits per heavy atom. The molecule has 23 heavy (non-hydrogen) atoms. The second-order valence-electron chi connectivity index (χ2n) is 5.33. The number of hydrogen-bond donors (Lipinski definition) is 4. The van der Waals surface area contributed by atoms with Gasteiger partial charge in [-0.1, -0.05) is 24.9 Å². The van der Waals surface area contributed by atoms with Crippen LogP contribution in [0.25, 0.3) is 0 Å². The first-order valence-corrected chi connectivity index (χ1v) is 7.73. The van der Waals surface area contributed by atoms with E-state index in [2.05, 4.69) is 10.7 Å². The number of nitrogens with one attached hydrogen (secondary N) is 4. The van der Waals surface area contributed by atoms with Gasteiger partial charge in [-0.2, -0.15) is 0 Å². The van der Waals surface area contributed by atoms with Gasteiger partial charge in [-0.15, -0.1) is 0 Å². The van der Waals surface area contributed by atoms with Crippen molar-refractivity contribution in [3.63, 3.8) is 0 Å². The fourth-order valence-corrected chi connectivity index (χ4v) is 2.55. The van der Waals surface area contributed by atoms with Gasteiger partial charge in [0.25, 0.3) is 5.91 Å². The van der Waals surface area contributed by atoms with Crippen LogP contribution in [0.3, 0.4) is 0 Å². The van der Waals surface area contributed by atoms with Crippen molar-refractivity contribution >= 4 is 35.3 Å². The Morgan fingerprint density at radius 1 is 1.52 bits per heavy atom. The van der Waals surface area contributed by atoms with Crippen molar-refractivity contribution in [2.45, 2.75) is 38.6 Å². The van der Waals surface area contributed by atoms with Crippen LogP contribution in [0.4, 0.5) is 10.1 Å². The fraction of sp³-hybridized carbons (Fsp3) is 0.400. The third-order valence-electron chi connectivity index (χ3n) is 3.44. The zero-order valence-corrected chi connectivity index (χ0v) is 13.4. The van der Waals surface area contributed by atoms with E-state index in [4.69, 9.17) is 17.0 Å². The number of carbonyl (C=O) groups excluding carboxylic acids is 2. The Hall–Kier alpha value is -2.15. The van der Waals surface area contributed by atoms with E-state index in [1.807, 2.05) is 12.3 Å². The van der Waals surface area contributed by atoms with Gasteiger partial charge in [0.05, 0.1) is 21.8 Å². The van der Waals surface area contributed by atoms with Gasteiger partial charge in [0.1, 0.15) is 5.82 Å². The van der Waals surface area contributed by atoms with Crippen LogP contribution < -0.4 is 16.2 Å². The van der Waals surface area contributed by atoms with E-state index in [1.165, 1.54) is 0 Å². The van der Waals surface area contributed by atoms with Crippen molar-refractivity contribution in [1.82, 2.24) is 10.9 Å². The molecule has 2 amide bonds. The lowest BCUT2D eigenvalue weighted by atomic mass is 10.0. The first-order valence-electron chi connectivity index (χ1n) is 7.35. The highest BCUT2D eigenvalue weighted by atomic mass is 35.5. The average Bonchev–Trinajstić information content (AvgIpc) is 3.31. The van der Waals surface area contributed by atoms with Crippen molar-refractivity contribution in [3.05, 3.63) is 28.0 Å². The first kappa shape index (κ1) is 17.2. The Labute approximate surface area is 138 Å². The summed E-state index contributed by atoms with van der Waals surface area (Å²) in [4.78, 5) is 22.4. The number of halogens is 2. The second kappa shape index (κ2) is 7.41. The second-order valence-corrected chi connectivity index (χ2v) is 5.71. The minimum atomic E-state index is -0.731. The Kier molecular flexibility index (Phi) is 5.54. The molecular formula is C15H18ClFN4O2. The topological polar surface area (TPSA) is 94.1 Å². The molecule has 0 bridgehead atoms. The average molecular weight is 341 g/mol. The number of carbonyl (C=O) groups is 2. The molecule has 124 valence electrons. The summed E-state index contributed by atoms with van der Waals surface area (Å²) in [6, 6.07) is 1.22. The van der Waals surface area contributed by atoms with Gasteiger partial charge in [-0.25, -0.2) is 4.39 Å². The van der Waals surface area contributed by atoms with Crippen LogP contribution in [-0.2, 0) is 4.79 Å². The molecule has 6 nitrogen and oxygen atoms in total. The molecule has 0 radical (unpaired) electrons. The first-order chi connectivity index (χ1) is 11.0. The monoisotopic (exact) mass is 340 g/mol. The van der Waals surface area contributed by atoms with Crippen molar-refractivity contribution in [3.8, 4) is 0 Å². The minimum Gasteiger partial charge on any atom is -0.380 e. The van der Waals surface area contributed by atoms with E-state index < -0.39 is 11.7 Å².